The van der Waals surface area contributed by atoms with Crippen molar-refractivity contribution in [1.29, 1.82) is 0 Å². The van der Waals surface area contributed by atoms with Crippen LogP contribution in [-0.4, -0.2) is 45.9 Å². The Hall–Kier alpha value is -4.43. The molecule has 7 rings (SSSR count). The molecular weight excluding hydrogens is 540 g/mol. The number of aromatic nitrogens is 4. The molecule has 0 aliphatic carbocycles. The van der Waals surface area contributed by atoms with Crippen LogP contribution in [0.25, 0.3) is 22.3 Å². The second kappa shape index (κ2) is 11.7. The summed E-state index contributed by atoms with van der Waals surface area (Å²) < 4.78 is 26.6. The van der Waals surface area contributed by atoms with Gasteiger partial charge in [-0.15, -0.1) is 0 Å². The fraction of sp³-hybridized carbons (Fsp3) is 0.343. The highest BCUT2D eigenvalue weighted by molar-refractivity contribution is 5.83. The average molecular weight is 577 g/mol. The number of nitrogens with zero attached hydrogens (tertiary/aromatic N) is 4. The Morgan fingerprint density at radius 2 is 1.91 bits per heavy atom. The zero-order valence-corrected chi connectivity index (χ0v) is 24.9. The van der Waals surface area contributed by atoms with E-state index in [2.05, 4.69) is 41.6 Å². The van der Waals surface area contributed by atoms with Gasteiger partial charge in [-0.05, 0) is 85.7 Å². The van der Waals surface area contributed by atoms with Crippen LogP contribution in [0.2, 0.25) is 0 Å². The van der Waals surface area contributed by atoms with Gasteiger partial charge < -0.3 is 23.5 Å². The van der Waals surface area contributed by atoms with E-state index in [4.69, 9.17) is 28.9 Å². The monoisotopic (exact) mass is 576 g/mol. The van der Waals surface area contributed by atoms with Gasteiger partial charge in [-0.1, -0.05) is 12.1 Å². The van der Waals surface area contributed by atoms with Crippen LogP contribution >= 0.6 is 0 Å². The van der Waals surface area contributed by atoms with Crippen LogP contribution in [0.15, 0.2) is 60.9 Å². The lowest BCUT2D eigenvalue weighted by Crippen LogP contribution is -2.31. The maximum Gasteiger partial charge on any atom is 0.214 e. The number of hydrogen-bond acceptors (Lipinski definition) is 7. The molecule has 5 heterocycles. The Labute approximate surface area is 251 Å². The number of pyridine rings is 2. The van der Waals surface area contributed by atoms with Crippen LogP contribution in [0.3, 0.4) is 0 Å². The number of ether oxygens (including phenoxy) is 4. The number of hydrogen-bond donors (Lipinski definition) is 0. The molecule has 2 aliphatic rings. The molecule has 0 N–H and O–H groups in total. The number of benzene rings is 2. The molecule has 2 aromatic carbocycles. The first kappa shape index (κ1) is 27.4. The second-order valence-electron chi connectivity index (χ2n) is 11.5. The summed E-state index contributed by atoms with van der Waals surface area (Å²) in [5.41, 5.74) is 9.46. The Kier molecular flexibility index (Phi) is 7.45. The van der Waals surface area contributed by atoms with E-state index in [1.807, 2.05) is 42.7 Å². The summed E-state index contributed by atoms with van der Waals surface area (Å²) in [5, 5.41) is 0. The molecule has 0 saturated carbocycles. The van der Waals surface area contributed by atoms with Gasteiger partial charge in [-0.25, -0.2) is 9.97 Å². The molecule has 1 unspecified atom stereocenters. The third-order valence-electron chi connectivity index (χ3n) is 8.43. The van der Waals surface area contributed by atoms with Crippen molar-refractivity contribution in [3.05, 3.63) is 94.6 Å². The van der Waals surface area contributed by atoms with Crippen molar-refractivity contribution in [1.82, 2.24) is 19.5 Å². The van der Waals surface area contributed by atoms with Gasteiger partial charge in [0.25, 0.3) is 0 Å². The minimum atomic E-state index is 0.194. The molecule has 4 bridgehead atoms. The Balaban J connectivity index is 1.30. The summed E-state index contributed by atoms with van der Waals surface area (Å²) in [4.78, 5) is 14.4. The molecule has 2 aliphatic heterocycles. The molecule has 0 radical (unpaired) electrons. The fourth-order valence-corrected chi connectivity index (χ4v) is 6.03. The lowest BCUT2D eigenvalue weighted by molar-refractivity contribution is -0.0589. The first-order chi connectivity index (χ1) is 21.1. The molecule has 1 atom stereocenters. The summed E-state index contributed by atoms with van der Waals surface area (Å²) in [5.74, 6) is 3.20. The minimum absolute atomic E-state index is 0.194. The molecule has 43 heavy (non-hydrogen) atoms. The topological polar surface area (TPSA) is 80.5 Å². The van der Waals surface area contributed by atoms with Crippen molar-refractivity contribution in [3.8, 4) is 28.6 Å². The first-order valence-corrected chi connectivity index (χ1v) is 15.0. The zero-order chi connectivity index (χ0) is 29.3. The third-order valence-corrected chi connectivity index (χ3v) is 8.43. The number of rotatable bonds is 5. The largest absolute Gasteiger partial charge is 0.494 e. The predicted octanol–water partition coefficient (Wildman–Crippen LogP) is 6.40. The number of imidazole rings is 1. The smallest absolute Gasteiger partial charge is 0.214 e. The molecule has 220 valence electrons. The highest BCUT2D eigenvalue weighted by Gasteiger charge is 2.24. The fourth-order valence-electron chi connectivity index (χ4n) is 6.03. The van der Waals surface area contributed by atoms with Crippen LogP contribution < -0.4 is 14.2 Å². The Morgan fingerprint density at radius 1 is 1.00 bits per heavy atom. The second-order valence-corrected chi connectivity index (χ2v) is 11.5. The number of aryl methyl sites for hydroxylation is 3. The molecule has 3 aromatic heterocycles. The standard InChI is InChI=1S/C35H36N4O4/c1-22-14-30-35(32(15-22)40-3)38-33(39(30)20-27-10-13-41-27)17-26-16-23(2)28-18-31(26)42-12-5-6-24-19-36-11-9-25(24)21-43-34-8-4-7-29(28)37-34/h4,7-9,11,14-16,18-19,27H,5-6,10,12-13,17,20-21H2,1-3H3. The van der Waals surface area contributed by atoms with Gasteiger partial charge in [0.05, 0.1) is 37.6 Å². The van der Waals surface area contributed by atoms with E-state index in [1.54, 1.807) is 7.11 Å². The minimum Gasteiger partial charge on any atom is -0.494 e. The summed E-state index contributed by atoms with van der Waals surface area (Å²) >= 11 is 0. The van der Waals surface area contributed by atoms with Crippen LogP contribution in [0.5, 0.6) is 17.4 Å². The molecule has 0 spiro atoms. The van der Waals surface area contributed by atoms with Crippen LogP contribution in [-0.2, 0) is 30.7 Å². The van der Waals surface area contributed by atoms with Crippen molar-refractivity contribution in [2.45, 2.75) is 58.8 Å². The average Bonchev–Trinajstić information content (AvgIpc) is 3.33. The van der Waals surface area contributed by atoms with Gasteiger partial charge in [-0.3, -0.25) is 4.98 Å². The molecule has 8 heteroatoms. The van der Waals surface area contributed by atoms with E-state index in [0.717, 1.165) is 94.3 Å². The molecule has 8 nitrogen and oxygen atoms in total. The van der Waals surface area contributed by atoms with Crippen molar-refractivity contribution in [2.24, 2.45) is 0 Å². The van der Waals surface area contributed by atoms with Gasteiger partial charge in [0, 0.05) is 42.6 Å². The van der Waals surface area contributed by atoms with Crippen molar-refractivity contribution < 1.29 is 18.9 Å². The van der Waals surface area contributed by atoms with Gasteiger partial charge >= 0.3 is 0 Å². The van der Waals surface area contributed by atoms with Crippen LogP contribution in [0.1, 0.15) is 46.5 Å². The van der Waals surface area contributed by atoms with Gasteiger partial charge in [0.2, 0.25) is 5.88 Å². The SMILES string of the molecule is COc1cc(C)cc2c1nc(Cc1cc(C)c3cc1OCCCc1cnccc1COc1cccc-3n1)n2CC1CCO1. The summed E-state index contributed by atoms with van der Waals surface area (Å²) in [6.45, 7) is 6.83. The molecule has 0 amide bonds. The normalized spacial score (nSPS) is 16.4. The summed E-state index contributed by atoms with van der Waals surface area (Å²) in [7, 11) is 1.71. The van der Waals surface area contributed by atoms with E-state index in [0.29, 0.717) is 25.5 Å². The molecule has 1 fully saturated rings. The van der Waals surface area contributed by atoms with E-state index in [1.165, 1.54) is 5.56 Å². The van der Waals surface area contributed by atoms with Gasteiger partial charge in [0.1, 0.15) is 29.4 Å². The third kappa shape index (κ3) is 5.55. The summed E-state index contributed by atoms with van der Waals surface area (Å²) in [6, 6.07) is 16.5. The van der Waals surface area contributed by atoms with Crippen LogP contribution in [0, 0.1) is 13.8 Å². The van der Waals surface area contributed by atoms with Crippen LogP contribution in [0.4, 0.5) is 0 Å². The Bertz CT molecular complexity index is 1790. The van der Waals surface area contributed by atoms with E-state index in [-0.39, 0.29) is 6.10 Å². The quantitative estimate of drug-likeness (QED) is 0.239. The zero-order valence-electron chi connectivity index (χ0n) is 24.9. The predicted molar refractivity (Wildman–Crippen MR) is 165 cm³/mol. The van der Waals surface area contributed by atoms with Gasteiger partial charge in [-0.2, -0.15) is 0 Å². The highest BCUT2D eigenvalue weighted by Crippen LogP contribution is 2.35. The van der Waals surface area contributed by atoms with E-state index >= 15 is 0 Å². The molecular formula is C35H36N4O4. The molecule has 5 aromatic rings. The lowest BCUT2D eigenvalue weighted by atomic mass is 9.99. The van der Waals surface area contributed by atoms with Crippen molar-refractivity contribution >= 4 is 11.0 Å². The number of fused-ring (bicyclic) bond motifs is 7. The lowest BCUT2D eigenvalue weighted by Gasteiger charge is -2.27. The highest BCUT2D eigenvalue weighted by atomic mass is 16.5. The van der Waals surface area contributed by atoms with Crippen molar-refractivity contribution in [3.63, 3.8) is 0 Å². The van der Waals surface area contributed by atoms with E-state index < -0.39 is 0 Å². The maximum atomic E-state index is 6.56. The first-order valence-electron chi connectivity index (χ1n) is 15.0. The molecule has 1 saturated heterocycles. The maximum absolute atomic E-state index is 6.56. The number of methoxy groups -OCH3 is 1. The van der Waals surface area contributed by atoms with Crippen molar-refractivity contribution in [2.75, 3.05) is 20.3 Å². The van der Waals surface area contributed by atoms with E-state index in [9.17, 15) is 0 Å². The summed E-state index contributed by atoms with van der Waals surface area (Å²) in [6.07, 6.45) is 7.31. The van der Waals surface area contributed by atoms with Gasteiger partial charge in [0.15, 0.2) is 0 Å². The Morgan fingerprint density at radius 3 is 2.74 bits per heavy atom.